The fourth-order valence-corrected chi connectivity index (χ4v) is 4.19. The Balaban J connectivity index is 1.75. The number of rotatable bonds is 6. The molecule has 156 valence electrons. The standard InChI is InChI=1S/C23H29NO5/c1-22(2)14-24(15-23(3,4)29-22)12-13-28-19-11-10-18(20(25)21(26)27-5)16-8-6-7-9-17(16)19/h6-11H,12-15H2,1-5H3. The number of hydrogen-bond donors (Lipinski definition) is 0. The minimum Gasteiger partial charge on any atom is -0.492 e. The average Bonchev–Trinajstić information content (AvgIpc) is 2.64. The Morgan fingerprint density at radius 3 is 2.24 bits per heavy atom. The van der Waals surface area contributed by atoms with Gasteiger partial charge in [-0.3, -0.25) is 9.69 Å². The Labute approximate surface area is 171 Å². The molecule has 29 heavy (non-hydrogen) atoms. The van der Waals surface area contributed by atoms with E-state index in [2.05, 4.69) is 37.3 Å². The summed E-state index contributed by atoms with van der Waals surface area (Å²) >= 11 is 0. The Kier molecular flexibility index (Phi) is 5.96. The minimum atomic E-state index is -0.874. The molecule has 0 radical (unpaired) electrons. The topological polar surface area (TPSA) is 65.1 Å². The number of fused-ring (bicyclic) bond motifs is 1. The minimum absolute atomic E-state index is 0.204. The van der Waals surface area contributed by atoms with Crippen molar-refractivity contribution < 1.29 is 23.8 Å². The molecule has 0 amide bonds. The molecule has 1 saturated heterocycles. The fourth-order valence-electron chi connectivity index (χ4n) is 4.19. The van der Waals surface area contributed by atoms with E-state index in [1.165, 1.54) is 7.11 Å². The van der Waals surface area contributed by atoms with Gasteiger partial charge >= 0.3 is 5.97 Å². The van der Waals surface area contributed by atoms with E-state index in [4.69, 9.17) is 9.47 Å². The van der Waals surface area contributed by atoms with Crippen LogP contribution in [0, 0.1) is 0 Å². The van der Waals surface area contributed by atoms with Crippen LogP contribution in [0.4, 0.5) is 0 Å². The first-order valence-electron chi connectivity index (χ1n) is 9.82. The highest BCUT2D eigenvalue weighted by Crippen LogP contribution is 2.30. The highest BCUT2D eigenvalue weighted by molar-refractivity contribution is 6.43. The van der Waals surface area contributed by atoms with Gasteiger partial charge in [-0.15, -0.1) is 0 Å². The van der Waals surface area contributed by atoms with Crippen molar-refractivity contribution in [2.45, 2.75) is 38.9 Å². The number of morpholine rings is 1. The van der Waals surface area contributed by atoms with Crippen LogP contribution in [-0.2, 0) is 14.3 Å². The van der Waals surface area contributed by atoms with Gasteiger partial charge in [0.25, 0.3) is 5.78 Å². The largest absolute Gasteiger partial charge is 0.492 e. The molecule has 1 fully saturated rings. The molecule has 6 heteroatoms. The summed E-state index contributed by atoms with van der Waals surface area (Å²) in [7, 11) is 1.20. The van der Waals surface area contributed by atoms with Crippen molar-refractivity contribution in [2.24, 2.45) is 0 Å². The lowest BCUT2D eigenvalue weighted by molar-refractivity contribution is -0.181. The average molecular weight is 399 g/mol. The summed E-state index contributed by atoms with van der Waals surface area (Å²) in [5.41, 5.74) is -0.0919. The molecule has 0 spiro atoms. The van der Waals surface area contributed by atoms with Crippen LogP contribution in [0.2, 0.25) is 0 Å². The predicted molar refractivity (Wildman–Crippen MR) is 111 cm³/mol. The Morgan fingerprint density at radius 1 is 1.00 bits per heavy atom. The lowest BCUT2D eigenvalue weighted by Gasteiger charge is -2.47. The Hall–Kier alpha value is -2.44. The van der Waals surface area contributed by atoms with Gasteiger partial charge in [0.05, 0.1) is 18.3 Å². The van der Waals surface area contributed by atoms with Gasteiger partial charge in [-0.25, -0.2) is 4.79 Å². The van der Waals surface area contributed by atoms with Crippen LogP contribution in [0.25, 0.3) is 10.8 Å². The van der Waals surface area contributed by atoms with Crippen molar-refractivity contribution in [2.75, 3.05) is 33.4 Å². The van der Waals surface area contributed by atoms with Gasteiger partial charge in [-0.05, 0) is 45.2 Å². The summed E-state index contributed by atoms with van der Waals surface area (Å²) in [6.07, 6.45) is 0. The molecule has 6 nitrogen and oxygen atoms in total. The number of Topliss-reactive ketones (excluding diaryl/α,β-unsaturated/α-hetero) is 1. The SMILES string of the molecule is COC(=O)C(=O)c1ccc(OCCN2CC(C)(C)OC(C)(C)C2)c2ccccc12. The fraction of sp³-hybridized carbons (Fsp3) is 0.478. The van der Waals surface area contributed by atoms with Gasteiger partial charge < -0.3 is 14.2 Å². The molecule has 2 aromatic rings. The van der Waals surface area contributed by atoms with Gasteiger partial charge in [0.15, 0.2) is 0 Å². The second kappa shape index (κ2) is 8.13. The maximum Gasteiger partial charge on any atom is 0.379 e. The van der Waals surface area contributed by atoms with Gasteiger partial charge in [0.2, 0.25) is 0 Å². The molecule has 0 N–H and O–H groups in total. The molecule has 0 bridgehead atoms. The summed E-state index contributed by atoms with van der Waals surface area (Å²) in [6.45, 7) is 11.4. The van der Waals surface area contributed by atoms with Crippen molar-refractivity contribution >= 4 is 22.5 Å². The number of nitrogens with zero attached hydrogens (tertiary/aromatic N) is 1. The van der Waals surface area contributed by atoms with Gasteiger partial charge in [0, 0.05) is 30.6 Å². The first-order valence-corrected chi connectivity index (χ1v) is 9.82. The number of esters is 1. The third-order valence-corrected chi connectivity index (χ3v) is 4.93. The monoisotopic (exact) mass is 399 g/mol. The maximum absolute atomic E-state index is 12.3. The van der Waals surface area contributed by atoms with Crippen molar-refractivity contribution in [1.29, 1.82) is 0 Å². The summed E-state index contributed by atoms with van der Waals surface area (Å²) in [4.78, 5) is 26.3. The van der Waals surface area contributed by atoms with Crippen LogP contribution in [-0.4, -0.2) is 61.2 Å². The molecule has 3 rings (SSSR count). The van der Waals surface area contributed by atoms with Crippen molar-refractivity contribution in [3.63, 3.8) is 0 Å². The van der Waals surface area contributed by atoms with Crippen LogP contribution < -0.4 is 4.74 Å². The van der Waals surface area contributed by atoms with Gasteiger partial charge in [-0.1, -0.05) is 24.3 Å². The molecular weight excluding hydrogens is 370 g/mol. The molecule has 0 aliphatic carbocycles. The van der Waals surface area contributed by atoms with Crippen LogP contribution in [0.3, 0.4) is 0 Å². The van der Waals surface area contributed by atoms with Crippen molar-refractivity contribution in [3.05, 3.63) is 42.0 Å². The molecule has 0 aromatic heterocycles. The van der Waals surface area contributed by atoms with Crippen LogP contribution in [0.5, 0.6) is 5.75 Å². The van der Waals surface area contributed by atoms with Crippen molar-refractivity contribution in [1.82, 2.24) is 4.90 Å². The third kappa shape index (κ3) is 4.95. The summed E-state index contributed by atoms with van der Waals surface area (Å²) in [5, 5.41) is 1.47. The molecule has 0 saturated carbocycles. The number of carbonyl (C=O) groups is 2. The molecular formula is C23H29NO5. The van der Waals surface area contributed by atoms with E-state index in [1.54, 1.807) is 12.1 Å². The lowest BCUT2D eigenvalue weighted by Crippen LogP contribution is -2.57. The number of methoxy groups -OCH3 is 1. The smallest absolute Gasteiger partial charge is 0.379 e. The summed E-state index contributed by atoms with van der Waals surface area (Å²) < 4.78 is 16.8. The van der Waals surface area contributed by atoms with E-state index >= 15 is 0 Å². The quantitative estimate of drug-likeness (QED) is 0.421. The molecule has 2 aromatic carbocycles. The highest BCUT2D eigenvalue weighted by atomic mass is 16.5. The zero-order valence-electron chi connectivity index (χ0n) is 17.8. The van der Waals surface area contributed by atoms with E-state index < -0.39 is 11.8 Å². The predicted octanol–water partition coefficient (Wildman–Crippen LogP) is 3.46. The number of carbonyl (C=O) groups excluding carboxylic acids is 2. The summed E-state index contributed by atoms with van der Waals surface area (Å²) in [5.74, 6) is -0.844. The third-order valence-electron chi connectivity index (χ3n) is 4.93. The molecule has 1 aliphatic rings. The lowest BCUT2D eigenvalue weighted by atomic mass is 9.99. The van der Waals surface area contributed by atoms with Crippen LogP contribution >= 0.6 is 0 Å². The van der Waals surface area contributed by atoms with Gasteiger partial charge in [0.1, 0.15) is 12.4 Å². The zero-order chi connectivity index (χ0) is 21.2. The molecule has 0 atom stereocenters. The first kappa shape index (κ1) is 21.3. The van der Waals surface area contributed by atoms with E-state index in [0.717, 1.165) is 25.0 Å². The Bertz CT molecular complexity index is 903. The second-order valence-corrected chi connectivity index (χ2v) is 8.66. The normalized spacial score (nSPS) is 18.4. The van der Waals surface area contributed by atoms with Crippen LogP contribution in [0.15, 0.2) is 36.4 Å². The van der Waals surface area contributed by atoms with Crippen LogP contribution in [0.1, 0.15) is 38.1 Å². The Morgan fingerprint density at radius 2 is 1.62 bits per heavy atom. The van der Waals surface area contributed by atoms with Crippen molar-refractivity contribution in [3.8, 4) is 5.75 Å². The van der Waals surface area contributed by atoms with E-state index in [1.807, 2.05) is 24.3 Å². The number of benzene rings is 2. The molecule has 1 aliphatic heterocycles. The second-order valence-electron chi connectivity index (χ2n) is 8.66. The number of ether oxygens (including phenoxy) is 3. The van der Waals surface area contributed by atoms with Gasteiger partial charge in [-0.2, -0.15) is 0 Å². The number of hydrogen-bond acceptors (Lipinski definition) is 6. The summed E-state index contributed by atoms with van der Waals surface area (Å²) in [6, 6.07) is 10.8. The van der Waals surface area contributed by atoms with E-state index in [0.29, 0.717) is 23.3 Å². The maximum atomic E-state index is 12.3. The number of ketones is 1. The molecule has 1 heterocycles. The zero-order valence-corrected chi connectivity index (χ0v) is 17.8. The van der Waals surface area contributed by atoms with E-state index in [-0.39, 0.29) is 11.2 Å². The van der Waals surface area contributed by atoms with E-state index in [9.17, 15) is 9.59 Å². The molecule has 0 unspecified atom stereocenters. The first-order chi connectivity index (χ1) is 13.6. The highest BCUT2D eigenvalue weighted by Gasteiger charge is 2.37.